The Morgan fingerprint density at radius 3 is 2.84 bits per heavy atom. The smallest absolute Gasteiger partial charge is 0.230 e. The lowest BCUT2D eigenvalue weighted by Gasteiger charge is -2.05. The number of rotatable bonds is 4. The van der Waals surface area contributed by atoms with Crippen molar-refractivity contribution in [2.24, 2.45) is 0 Å². The molecule has 4 nitrogen and oxygen atoms in total. The number of anilines is 1. The molecule has 6 heteroatoms. The van der Waals surface area contributed by atoms with Crippen LogP contribution in [0.15, 0.2) is 24.4 Å². The summed E-state index contributed by atoms with van der Waals surface area (Å²) in [4.78, 5) is 11.8. The Hall–Kier alpha value is -2.24. The summed E-state index contributed by atoms with van der Waals surface area (Å²) in [7, 11) is 0. The lowest BCUT2D eigenvalue weighted by atomic mass is 10.1. The number of benzene rings is 1. The molecule has 100 valence electrons. The van der Waals surface area contributed by atoms with E-state index in [1.165, 1.54) is 6.07 Å². The van der Waals surface area contributed by atoms with Crippen LogP contribution in [0.4, 0.5) is 14.6 Å². The van der Waals surface area contributed by atoms with Crippen molar-refractivity contribution in [3.05, 3.63) is 47.2 Å². The first-order valence-electron chi connectivity index (χ1n) is 5.86. The Kier molecular flexibility index (Phi) is 3.89. The molecule has 0 radical (unpaired) electrons. The Morgan fingerprint density at radius 1 is 1.37 bits per heavy atom. The molecule has 0 aliphatic carbocycles. The van der Waals surface area contributed by atoms with E-state index in [1.807, 2.05) is 6.92 Å². The number of aryl methyl sites for hydroxylation is 1. The number of carbonyl (C=O) groups excluding carboxylic acids is 1. The summed E-state index contributed by atoms with van der Waals surface area (Å²) >= 11 is 0. The molecule has 0 unspecified atom stereocenters. The minimum absolute atomic E-state index is 0.150. The maximum absolute atomic E-state index is 13.4. The van der Waals surface area contributed by atoms with Crippen molar-refractivity contribution >= 4 is 11.7 Å². The second-order valence-electron chi connectivity index (χ2n) is 4.08. The Balaban J connectivity index is 2.05. The van der Waals surface area contributed by atoms with Crippen LogP contribution in [0.25, 0.3) is 0 Å². The lowest BCUT2D eigenvalue weighted by Crippen LogP contribution is -2.16. The van der Waals surface area contributed by atoms with Crippen molar-refractivity contribution < 1.29 is 13.6 Å². The van der Waals surface area contributed by atoms with Crippen molar-refractivity contribution in [1.82, 2.24) is 10.2 Å². The van der Waals surface area contributed by atoms with E-state index in [4.69, 9.17) is 0 Å². The van der Waals surface area contributed by atoms with Crippen molar-refractivity contribution in [1.29, 1.82) is 0 Å². The van der Waals surface area contributed by atoms with Crippen LogP contribution in [0.2, 0.25) is 0 Å². The average Bonchev–Trinajstić information content (AvgIpc) is 2.80. The van der Waals surface area contributed by atoms with Gasteiger partial charge in [-0.3, -0.25) is 9.89 Å². The summed E-state index contributed by atoms with van der Waals surface area (Å²) in [5, 5.41) is 9.09. The SMILES string of the molecule is CCc1cn[nH]c1NC(=O)Cc1ccc(F)cc1F. The third kappa shape index (κ3) is 3.15. The minimum atomic E-state index is -0.726. The number of hydrogen-bond acceptors (Lipinski definition) is 2. The summed E-state index contributed by atoms with van der Waals surface area (Å²) in [6.45, 7) is 1.93. The lowest BCUT2D eigenvalue weighted by molar-refractivity contribution is -0.115. The molecule has 1 amide bonds. The van der Waals surface area contributed by atoms with Crippen molar-refractivity contribution in [3.8, 4) is 0 Å². The maximum Gasteiger partial charge on any atom is 0.230 e. The highest BCUT2D eigenvalue weighted by atomic mass is 19.1. The van der Waals surface area contributed by atoms with E-state index in [1.54, 1.807) is 6.20 Å². The second-order valence-corrected chi connectivity index (χ2v) is 4.08. The second kappa shape index (κ2) is 5.60. The van der Waals surface area contributed by atoms with E-state index in [0.717, 1.165) is 24.1 Å². The molecule has 0 aliphatic heterocycles. The molecule has 0 saturated carbocycles. The fourth-order valence-corrected chi connectivity index (χ4v) is 1.71. The molecule has 0 fully saturated rings. The summed E-state index contributed by atoms with van der Waals surface area (Å²) in [5.41, 5.74) is 1.02. The highest BCUT2D eigenvalue weighted by Crippen LogP contribution is 2.14. The van der Waals surface area contributed by atoms with Crippen LogP contribution in [-0.4, -0.2) is 16.1 Å². The van der Waals surface area contributed by atoms with Crippen LogP contribution < -0.4 is 5.32 Å². The van der Waals surface area contributed by atoms with Crippen LogP contribution >= 0.6 is 0 Å². The number of amides is 1. The number of carbonyl (C=O) groups is 1. The first kappa shape index (κ1) is 13.2. The molecule has 2 aromatic rings. The number of H-pyrrole nitrogens is 1. The van der Waals surface area contributed by atoms with Gasteiger partial charge in [0.25, 0.3) is 0 Å². The topological polar surface area (TPSA) is 57.8 Å². The van der Waals surface area contributed by atoms with Gasteiger partial charge in [0, 0.05) is 11.6 Å². The molecule has 0 bridgehead atoms. The molecule has 2 N–H and O–H groups in total. The molecule has 19 heavy (non-hydrogen) atoms. The molecule has 1 heterocycles. The van der Waals surface area contributed by atoms with Gasteiger partial charge in [-0.2, -0.15) is 5.10 Å². The van der Waals surface area contributed by atoms with Gasteiger partial charge in [-0.15, -0.1) is 0 Å². The van der Waals surface area contributed by atoms with E-state index in [0.29, 0.717) is 5.82 Å². The van der Waals surface area contributed by atoms with Gasteiger partial charge < -0.3 is 5.32 Å². The number of aromatic amines is 1. The summed E-state index contributed by atoms with van der Waals surface area (Å²) in [6.07, 6.45) is 2.18. The number of nitrogens with zero attached hydrogens (tertiary/aromatic N) is 1. The zero-order valence-corrected chi connectivity index (χ0v) is 10.3. The fourth-order valence-electron chi connectivity index (χ4n) is 1.71. The van der Waals surface area contributed by atoms with E-state index in [2.05, 4.69) is 15.5 Å². The summed E-state index contributed by atoms with van der Waals surface area (Å²) < 4.78 is 26.1. The molecule has 2 rings (SSSR count). The first-order valence-corrected chi connectivity index (χ1v) is 5.86. The van der Waals surface area contributed by atoms with Gasteiger partial charge in [0.2, 0.25) is 5.91 Å². The Labute approximate surface area is 108 Å². The number of nitrogens with one attached hydrogen (secondary N) is 2. The van der Waals surface area contributed by atoms with E-state index in [9.17, 15) is 13.6 Å². The van der Waals surface area contributed by atoms with Crippen LogP contribution in [-0.2, 0) is 17.6 Å². The third-order valence-electron chi connectivity index (χ3n) is 2.73. The van der Waals surface area contributed by atoms with Crippen molar-refractivity contribution in [3.63, 3.8) is 0 Å². The standard InChI is InChI=1S/C13H13F2N3O/c1-2-8-7-16-18-13(8)17-12(19)5-9-3-4-10(14)6-11(9)15/h3-4,6-7H,2,5H2,1H3,(H2,16,17,18,19). The molecule has 1 aromatic heterocycles. The first-order chi connectivity index (χ1) is 9.10. The fraction of sp³-hybridized carbons (Fsp3) is 0.231. The molecule has 0 atom stereocenters. The highest BCUT2D eigenvalue weighted by molar-refractivity contribution is 5.92. The van der Waals surface area contributed by atoms with E-state index < -0.39 is 11.6 Å². The molecule has 0 aliphatic rings. The molecule has 0 spiro atoms. The summed E-state index contributed by atoms with van der Waals surface area (Å²) in [6, 6.07) is 3.15. The highest BCUT2D eigenvalue weighted by Gasteiger charge is 2.11. The van der Waals surface area contributed by atoms with Gasteiger partial charge in [0.05, 0.1) is 12.6 Å². The predicted molar refractivity (Wildman–Crippen MR) is 66.7 cm³/mol. The third-order valence-corrected chi connectivity index (χ3v) is 2.73. The quantitative estimate of drug-likeness (QED) is 0.892. The van der Waals surface area contributed by atoms with Gasteiger partial charge >= 0.3 is 0 Å². The Bertz CT molecular complexity index is 595. The molecular weight excluding hydrogens is 252 g/mol. The van der Waals surface area contributed by atoms with Gasteiger partial charge in [-0.05, 0) is 18.1 Å². The summed E-state index contributed by atoms with van der Waals surface area (Å²) in [5.74, 6) is -1.27. The normalized spacial score (nSPS) is 10.5. The largest absolute Gasteiger partial charge is 0.311 e. The van der Waals surface area contributed by atoms with E-state index in [-0.39, 0.29) is 17.9 Å². The number of hydrogen-bond donors (Lipinski definition) is 2. The average molecular weight is 265 g/mol. The van der Waals surface area contributed by atoms with Crippen LogP contribution in [0, 0.1) is 11.6 Å². The molecular formula is C13H13F2N3O. The number of halogens is 2. The van der Waals surface area contributed by atoms with Crippen LogP contribution in [0.5, 0.6) is 0 Å². The minimum Gasteiger partial charge on any atom is -0.311 e. The number of aromatic nitrogens is 2. The van der Waals surface area contributed by atoms with Gasteiger partial charge in [0.1, 0.15) is 17.5 Å². The van der Waals surface area contributed by atoms with Crippen LogP contribution in [0.1, 0.15) is 18.1 Å². The van der Waals surface area contributed by atoms with Crippen molar-refractivity contribution in [2.75, 3.05) is 5.32 Å². The maximum atomic E-state index is 13.4. The van der Waals surface area contributed by atoms with Gasteiger partial charge in [-0.1, -0.05) is 13.0 Å². The van der Waals surface area contributed by atoms with Gasteiger partial charge in [-0.25, -0.2) is 8.78 Å². The van der Waals surface area contributed by atoms with E-state index >= 15 is 0 Å². The predicted octanol–water partition coefficient (Wildman–Crippen LogP) is 2.43. The van der Waals surface area contributed by atoms with Crippen LogP contribution in [0.3, 0.4) is 0 Å². The Morgan fingerprint density at radius 2 is 2.16 bits per heavy atom. The molecule has 1 aromatic carbocycles. The molecule has 0 saturated heterocycles. The monoisotopic (exact) mass is 265 g/mol. The van der Waals surface area contributed by atoms with Gasteiger partial charge in [0.15, 0.2) is 0 Å². The zero-order chi connectivity index (χ0) is 13.8. The zero-order valence-electron chi connectivity index (χ0n) is 10.3. The van der Waals surface area contributed by atoms with Crippen molar-refractivity contribution in [2.45, 2.75) is 19.8 Å².